The third kappa shape index (κ3) is 1.83. The maximum Gasteiger partial charge on any atom is 0.306 e. The second kappa shape index (κ2) is 5.18. The molecule has 0 spiro atoms. The Balaban J connectivity index is 1.97. The van der Waals surface area contributed by atoms with E-state index in [1.165, 1.54) is 0 Å². The summed E-state index contributed by atoms with van der Waals surface area (Å²) >= 11 is 0. The first kappa shape index (κ1) is 17.7. The fourth-order valence-electron chi connectivity index (χ4n) is 6.77. The van der Waals surface area contributed by atoms with Gasteiger partial charge in [-0.25, -0.2) is 0 Å². The molecule has 0 unspecified atom stereocenters. The van der Waals surface area contributed by atoms with E-state index in [1.807, 2.05) is 13.8 Å². The summed E-state index contributed by atoms with van der Waals surface area (Å²) in [6.07, 6.45) is -0.610. The van der Waals surface area contributed by atoms with Gasteiger partial charge >= 0.3 is 5.97 Å². The lowest BCUT2D eigenvalue weighted by Crippen LogP contribution is -2.70. The third-order valence-corrected chi connectivity index (χ3v) is 8.06. The highest BCUT2D eigenvalue weighted by atomic mass is 16.5. The number of carbonyl (C=O) groups is 3. The van der Waals surface area contributed by atoms with E-state index in [1.54, 1.807) is 13.8 Å². The Labute approximate surface area is 152 Å². The van der Waals surface area contributed by atoms with E-state index in [2.05, 4.69) is 0 Å². The summed E-state index contributed by atoms with van der Waals surface area (Å²) in [5, 5.41) is 20.9. The predicted molar refractivity (Wildman–Crippen MR) is 90.9 cm³/mol. The molecule has 0 aromatic rings. The molecule has 3 fully saturated rings. The highest BCUT2D eigenvalue weighted by molar-refractivity contribution is 6.03. The van der Waals surface area contributed by atoms with Crippen LogP contribution in [0.25, 0.3) is 0 Å². The fraction of sp³-hybridized carbons (Fsp3) is 0.750. The Morgan fingerprint density at radius 2 is 1.81 bits per heavy atom. The summed E-state index contributed by atoms with van der Waals surface area (Å²) in [5.41, 5.74) is -1.32. The van der Waals surface area contributed by atoms with Crippen LogP contribution in [0, 0.1) is 34.5 Å². The quantitative estimate of drug-likeness (QED) is 0.639. The lowest BCUT2D eigenvalue weighted by atomic mass is 9.39. The molecule has 2 saturated carbocycles. The molecule has 2 N–H and O–H groups in total. The van der Waals surface area contributed by atoms with Crippen molar-refractivity contribution < 1.29 is 29.3 Å². The Morgan fingerprint density at radius 1 is 1.15 bits per heavy atom. The zero-order chi connectivity index (χ0) is 19.2. The summed E-state index contributed by atoms with van der Waals surface area (Å²) in [4.78, 5) is 38.6. The predicted octanol–water partition coefficient (Wildman–Crippen LogP) is 1.95. The number of allylic oxidation sites excluding steroid dienone is 2. The van der Waals surface area contributed by atoms with Gasteiger partial charge in [-0.3, -0.25) is 14.4 Å². The van der Waals surface area contributed by atoms with Crippen molar-refractivity contribution in [2.75, 3.05) is 0 Å². The number of aliphatic hydroxyl groups excluding tert-OH is 2. The van der Waals surface area contributed by atoms with Crippen molar-refractivity contribution in [3.63, 3.8) is 0 Å². The maximum atomic E-state index is 13.2. The van der Waals surface area contributed by atoms with Crippen molar-refractivity contribution in [3.05, 3.63) is 11.3 Å². The molecule has 1 heterocycles. The van der Waals surface area contributed by atoms with Gasteiger partial charge in [0.1, 0.15) is 12.2 Å². The summed E-state index contributed by atoms with van der Waals surface area (Å²) in [6.45, 7) is 7.33. The summed E-state index contributed by atoms with van der Waals surface area (Å²) in [7, 11) is 0. The van der Waals surface area contributed by atoms with Crippen LogP contribution in [-0.4, -0.2) is 40.0 Å². The second-order valence-electron chi connectivity index (χ2n) is 9.15. The summed E-state index contributed by atoms with van der Waals surface area (Å²) in [5.74, 6) is -2.72. The van der Waals surface area contributed by atoms with E-state index in [4.69, 9.17) is 4.74 Å². The van der Waals surface area contributed by atoms with E-state index in [-0.39, 0.29) is 41.7 Å². The highest BCUT2D eigenvalue weighted by Gasteiger charge is 2.72. The van der Waals surface area contributed by atoms with Crippen LogP contribution in [0.1, 0.15) is 47.0 Å². The number of carbonyl (C=O) groups excluding carboxylic acids is 3. The van der Waals surface area contributed by atoms with Crippen molar-refractivity contribution in [3.8, 4) is 0 Å². The topological polar surface area (TPSA) is 101 Å². The fourth-order valence-corrected chi connectivity index (χ4v) is 6.77. The summed E-state index contributed by atoms with van der Waals surface area (Å²) in [6, 6.07) is 0. The molecule has 1 saturated heterocycles. The van der Waals surface area contributed by atoms with Crippen LogP contribution in [0.5, 0.6) is 0 Å². The van der Waals surface area contributed by atoms with E-state index < -0.39 is 34.7 Å². The number of rotatable bonds is 0. The van der Waals surface area contributed by atoms with Crippen LogP contribution in [0.3, 0.4) is 0 Å². The number of Topliss-reactive ketones (excluding diaryl/α,β-unsaturated/α-hetero) is 2. The molecule has 26 heavy (non-hydrogen) atoms. The van der Waals surface area contributed by atoms with Gasteiger partial charge in [-0.1, -0.05) is 20.8 Å². The first-order valence-electron chi connectivity index (χ1n) is 9.40. The van der Waals surface area contributed by atoms with Crippen LogP contribution >= 0.6 is 0 Å². The molecule has 8 atom stereocenters. The molecule has 1 aliphatic heterocycles. The Morgan fingerprint density at radius 3 is 2.46 bits per heavy atom. The van der Waals surface area contributed by atoms with Gasteiger partial charge in [0.15, 0.2) is 11.5 Å². The average molecular weight is 362 g/mol. The van der Waals surface area contributed by atoms with E-state index >= 15 is 0 Å². The van der Waals surface area contributed by atoms with Gasteiger partial charge in [0.05, 0.1) is 6.42 Å². The van der Waals surface area contributed by atoms with Crippen molar-refractivity contribution >= 4 is 17.5 Å². The van der Waals surface area contributed by atoms with Crippen molar-refractivity contribution in [2.45, 2.75) is 59.2 Å². The number of ketones is 2. The number of esters is 1. The van der Waals surface area contributed by atoms with Gasteiger partial charge in [0.25, 0.3) is 0 Å². The smallest absolute Gasteiger partial charge is 0.306 e. The maximum absolute atomic E-state index is 13.2. The number of ether oxygens (including phenoxy) is 1. The molecule has 6 heteroatoms. The van der Waals surface area contributed by atoms with E-state index in [9.17, 15) is 24.6 Å². The Hall–Kier alpha value is -1.69. The van der Waals surface area contributed by atoms with E-state index in [0.717, 1.165) is 0 Å². The highest BCUT2D eigenvalue weighted by Crippen LogP contribution is 2.67. The number of fused-ring (bicyclic) bond motifs is 2. The van der Waals surface area contributed by atoms with Gasteiger partial charge in [-0.2, -0.15) is 0 Å². The Bertz CT molecular complexity index is 753. The molecular weight excluding hydrogens is 336 g/mol. The van der Waals surface area contributed by atoms with Gasteiger partial charge in [-0.05, 0) is 37.2 Å². The van der Waals surface area contributed by atoms with Gasteiger partial charge in [0.2, 0.25) is 5.78 Å². The molecule has 0 bridgehead atoms. The zero-order valence-electron chi connectivity index (χ0n) is 15.6. The minimum Gasteiger partial charge on any atom is -0.504 e. The van der Waals surface area contributed by atoms with Gasteiger partial charge in [0, 0.05) is 22.7 Å². The molecule has 0 amide bonds. The van der Waals surface area contributed by atoms with Crippen molar-refractivity contribution in [1.82, 2.24) is 0 Å². The molecule has 3 aliphatic carbocycles. The number of hydrogen-bond donors (Lipinski definition) is 2. The largest absolute Gasteiger partial charge is 0.504 e. The second-order valence-corrected chi connectivity index (χ2v) is 9.15. The van der Waals surface area contributed by atoms with Crippen LogP contribution in [-0.2, 0) is 19.1 Å². The van der Waals surface area contributed by atoms with Crippen LogP contribution in [0.4, 0.5) is 0 Å². The first-order valence-corrected chi connectivity index (χ1v) is 9.40. The van der Waals surface area contributed by atoms with Gasteiger partial charge < -0.3 is 14.9 Å². The monoisotopic (exact) mass is 362 g/mol. The minimum absolute atomic E-state index is 0.0123. The molecule has 0 aromatic heterocycles. The van der Waals surface area contributed by atoms with Crippen LogP contribution in [0.2, 0.25) is 0 Å². The third-order valence-electron chi connectivity index (χ3n) is 8.06. The van der Waals surface area contributed by atoms with Crippen molar-refractivity contribution in [2.24, 2.45) is 34.5 Å². The lowest BCUT2D eigenvalue weighted by molar-refractivity contribution is -0.224. The molecule has 4 aliphatic rings. The lowest BCUT2D eigenvalue weighted by Gasteiger charge is -2.64. The standard InChI is InChI=1S/C20H26O6/c1-8-5-12(21)18(25)20(4)10(8)6-13-19(3)11(7-14(22)26-13)9(2)15(23)16(24)17(19)20/h8,10-13,17,21,23H,5-7H2,1-4H3/t8-,10+,11+,12+,13-,17-,19-,20+/m1/s1. The Kier molecular flexibility index (Phi) is 3.53. The number of hydrogen-bond acceptors (Lipinski definition) is 6. The average Bonchev–Trinajstić information content (AvgIpc) is 2.56. The molecule has 142 valence electrons. The zero-order valence-corrected chi connectivity index (χ0v) is 15.6. The SMILES string of the molecule is CC1=C(O)C(=O)[C@H]2[C@@]3(C)C(=O)[C@@H](O)C[C@@H](C)[C@@H]3C[C@H]3OC(=O)C[C@@H]1[C@]32C. The van der Waals surface area contributed by atoms with Crippen molar-refractivity contribution in [1.29, 1.82) is 0 Å². The molecule has 0 radical (unpaired) electrons. The summed E-state index contributed by atoms with van der Waals surface area (Å²) < 4.78 is 5.70. The normalized spacial score (nSPS) is 50.9. The first-order chi connectivity index (χ1) is 12.0. The molecule has 6 nitrogen and oxygen atoms in total. The van der Waals surface area contributed by atoms with Crippen LogP contribution in [0.15, 0.2) is 11.3 Å². The number of aliphatic hydroxyl groups is 2. The molecule has 0 aromatic carbocycles. The minimum atomic E-state index is -1.10. The van der Waals surface area contributed by atoms with Crippen LogP contribution < -0.4 is 0 Å². The molecule has 4 rings (SSSR count). The van der Waals surface area contributed by atoms with E-state index in [0.29, 0.717) is 18.4 Å². The van der Waals surface area contributed by atoms with Gasteiger partial charge in [-0.15, -0.1) is 0 Å². The molecular formula is C20H26O6.